The van der Waals surface area contributed by atoms with E-state index in [1.807, 2.05) is 7.05 Å². The van der Waals surface area contributed by atoms with Crippen molar-refractivity contribution in [1.82, 2.24) is 14.6 Å². The van der Waals surface area contributed by atoms with Gasteiger partial charge in [0.15, 0.2) is 0 Å². The van der Waals surface area contributed by atoms with E-state index in [9.17, 15) is 8.42 Å². The normalized spacial score (nSPS) is 12.5. The number of nitrogens with two attached hydrogens (primary N) is 1. The number of hydrogen-bond donors (Lipinski definition) is 3. The van der Waals surface area contributed by atoms with Gasteiger partial charge in [-0.05, 0) is 39.9 Å². The molecule has 4 N–H and O–H groups in total. The first-order valence-corrected chi connectivity index (χ1v) is 7.92. The number of nitrogens with zero attached hydrogens (tertiary/aromatic N) is 1. The highest BCUT2D eigenvalue weighted by molar-refractivity contribution is 7.89. The Hall–Kier alpha value is -0.890. The molecule has 0 spiro atoms. The Morgan fingerprint density at radius 3 is 2.68 bits per heavy atom. The van der Waals surface area contributed by atoms with Gasteiger partial charge < -0.3 is 15.6 Å². The largest absolute Gasteiger partial charge is 0.363 e. The summed E-state index contributed by atoms with van der Waals surface area (Å²) < 4.78 is 26.5. The summed E-state index contributed by atoms with van der Waals surface area (Å²) in [5.41, 5.74) is 6.15. The molecule has 0 atom stereocenters. The molecule has 0 saturated heterocycles. The number of sulfonamides is 1. The van der Waals surface area contributed by atoms with Crippen LogP contribution in [-0.2, 0) is 16.6 Å². The molecule has 7 heteroatoms. The third kappa shape index (κ3) is 4.94. The first kappa shape index (κ1) is 16.2. The van der Waals surface area contributed by atoms with E-state index in [1.165, 1.54) is 6.20 Å². The van der Waals surface area contributed by atoms with Crippen LogP contribution in [0.5, 0.6) is 0 Å². The van der Waals surface area contributed by atoms with Crippen molar-refractivity contribution in [3.63, 3.8) is 0 Å². The molecule has 1 aromatic rings. The summed E-state index contributed by atoms with van der Waals surface area (Å²) in [7, 11) is -1.40. The van der Waals surface area contributed by atoms with Gasteiger partial charge in [0.05, 0.1) is 4.90 Å². The number of hydrogen-bond acceptors (Lipinski definition) is 4. The van der Waals surface area contributed by atoms with Crippen LogP contribution in [0.3, 0.4) is 0 Å². The number of aromatic nitrogens is 1. The third-order valence-electron chi connectivity index (χ3n) is 3.11. The minimum Gasteiger partial charge on any atom is -0.363 e. The molecule has 0 unspecified atom stereocenters. The van der Waals surface area contributed by atoms with Crippen molar-refractivity contribution in [2.75, 3.05) is 20.1 Å². The molecule has 110 valence electrons. The highest BCUT2D eigenvalue weighted by Gasteiger charge is 2.15. The van der Waals surface area contributed by atoms with Gasteiger partial charge in [-0.3, -0.25) is 0 Å². The molecule has 0 aliphatic heterocycles. The van der Waals surface area contributed by atoms with Gasteiger partial charge in [-0.1, -0.05) is 0 Å². The minimum absolute atomic E-state index is 0.241. The maximum absolute atomic E-state index is 12.0. The van der Waals surface area contributed by atoms with E-state index in [-0.39, 0.29) is 4.90 Å². The number of aromatic amines is 1. The maximum atomic E-state index is 12.0. The van der Waals surface area contributed by atoms with E-state index >= 15 is 0 Å². The zero-order valence-electron chi connectivity index (χ0n) is 11.8. The van der Waals surface area contributed by atoms with Gasteiger partial charge in [0, 0.05) is 31.0 Å². The highest BCUT2D eigenvalue weighted by Crippen LogP contribution is 2.10. The van der Waals surface area contributed by atoms with E-state index < -0.39 is 10.0 Å². The second-order valence-corrected chi connectivity index (χ2v) is 6.66. The quantitative estimate of drug-likeness (QED) is 0.607. The summed E-state index contributed by atoms with van der Waals surface area (Å²) >= 11 is 0. The molecular formula is C12H24N4O2S. The van der Waals surface area contributed by atoms with Crippen LogP contribution >= 0.6 is 0 Å². The number of nitrogens with one attached hydrogen (secondary N) is 2. The Kier molecular flexibility index (Phi) is 5.99. The van der Waals surface area contributed by atoms with Crippen molar-refractivity contribution in [2.24, 2.45) is 5.73 Å². The van der Waals surface area contributed by atoms with Crippen molar-refractivity contribution >= 4 is 10.0 Å². The predicted octanol–water partition coefficient (Wildman–Crippen LogP) is 0.482. The maximum Gasteiger partial charge on any atom is 0.242 e. The van der Waals surface area contributed by atoms with Gasteiger partial charge in [0.25, 0.3) is 0 Å². The summed E-state index contributed by atoms with van der Waals surface area (Å²) in [5.74, 6) is 0. The second kappa shape index (κ2) is 7.04. The van der Waals surface area contributed by atoms with E-state index in [4.69, 9.17) is 5.73 Å². The first-order valence-electron chi connectivity index (χ1n) is 6.44. The van der Waals surface area contributed by atoms with Crippen LogP contribution in [0.2, 0.25) is 0 Å². The average Bonchev–Trinajstić information content (AvgIpc) is 2.83. The minimum atomic E-state index is -3.42. The average molecular weight is 288 g/mol. The standard InChI is InChI=1S/C12H24N4O2S/c1-10(2)16(3)6-4-5-15-19(17,18)12-7-11(8-13)14-9-12/h7,9-10,14-15H,4-6,8,13H2,1-3H3. The molecule has 6 nitrogen and oxygen atoms in total. The van der Waals surface area contributed by atoms with Crippen molar-refractivity contribution in [1.29, 1.82) is 0 Å². The molecule has 1 rings (SSSR count). The molecule has 0 amide bonds. The van der Waals surface area contributed by atoms with E-state index in [0.29, 0.717) is 24.8 Å². The monoisotopic (exact) mass is 288 g/mol. The summed E-state index contributed by atoms with van der Waals surface area (Å²) in [6.45, 7) is 5.81. The fraction of sp³-hybridized carbons (Fsp3) is 0.667. The molecule has 0 radical (unpaired) electrons. The molecule has 0 aromatic carbocycles. The van der Waals surface area contributed by atoms with Crippen LogP contribution in [-0.4, -0.2) is 44.5 Å². The zero-order valence-corrected chi connectivity index (χ0v) is 12.6. The highest BCUT2D eigenvalue weighted by atomic mass is 32.2. The Balaban J connectivity index is 2.43. The molecule has 0 aliphatic rings. The molecule has 1 heterocycles. The topological polar surface area (TPSA) is 91.2 Å². The van der Waals surface area contributed by atoms with Crippen LogP contribution in [0.1, 0.15) is 26.0 Å². The van der Waals surface area contributed by atoms with E-state index in [1.54, 1.807) is 6.07 Å². The molecule has 0 aliphatic carbocycles. The summed E-state index contributed by atoms with van der Waals surface area (Å²) in [6.07, 6.45) is 2.24. The second-order valence-electron chi connectivity index (χ2n) is 4.89. The molecule has 19 heavy (non-hydrogen) atoms. The van der Waals surface area contributed by atoms with Crippen LogP contribution in [0.15, 0.2) is 17.2 Å². The summed E-state index contributed by atoms with van der Waals surface area (Å²) in [4.78, 5) is 5.25. The fourth-order valence-electron chi connectivity index (χ4n) is 1.57. The summed E-state index contributed by atoms with van der Waals surface area (Å²) in [6, 6.07) is 2.02. The Bertz CT molecular complexity index is 482. The Morgan fingerprint density at radius 1 is 1.47 bits per heavy atom. The zero-order chi connectivity index (χ0) is 14.5. The van der Waals surface area contributed by atoms with E-state index in [2.05, 4.69) is 28.5 Å². The van der Waals surface area contributed by atoms with Crippen molar-refractivity contribution in [3.05, 3.63) is 18.0 Å². The van der Waals surface area contributed by atoms with Gasteiger partial charge in [-0.15, -0.1) is 0 Å². The molecule has 0 saturated carbocycles. The van der Waals surface area contributed by atoms with Crippen molar-refractivity contribution in [3.8, 4) is 0 Å². The van der Waals surface area contributed by atoms with Crippen molar-refractivity contribution in [2.45, 2.75) is 37.8 Å². The van der Waals surface area contributed by atoms with Gasteiger partial charge in [0.2, 0.25) is 10.0 Å². The lowest BCUT2D eigenvalue weighted by Crippen LogP contribution is -2.31. The van der Waals surface area contributed by atoms with Crippen LogP contribution in [0.25, 0.3) is 0 Å². The SMILES string of the molecule is CC(C)N(C)CCCNS(=O)(=O)c1c[nH]c(CN)c1. The number of rotatable bonds is 8. The van der Waals surface area contributed by atoms with Gasteiger partial charge in [0.1, 0.15) is 0 Å². The fourth-order valence-corrected chi connectivity index (χ4v) is 2.66. The molecule has 1 aromatic heterocycles. The lowest BCUT2D eigenvalue weighted by atomic mass is 10.3. The van der Waals surface area contributed by atoms with Crippen LogP contribution in [0, 0.1) is 0 Å². The third-order valence-corrected chi connectivity index (χ3v) is 4.55. The van der Waals surface area contributed by atoms with Gasteiger partial charge in [-0.2, -0.15) is 0 Å². The lowest BCUT2D eigenvalue weighted by Gasteiger charge is -2.20. The van der Waals surface area contributed by atoms with Gasteiger partial charge >= 0.3 is 0 Å². The van der Waals surface area contributed by atoms with Gasteiger partial charge in [-0.25, -0.2) is 13.1 Å². The molecule has 0 bridgehead atoms. The first-order chi connectivity index (χ1) is 8.86. The smallest absolute Gasteiger partial charge is 0.242 e. The lowest BCUT2D eigenvalue weighted by molar-refractivity contribution is 0.271. The van der Waals surface area contributed by atoms with Crippen LogP contribution in [0.4, 0.5) is 0 Å². The number of H-pyrrole nitrogens is 1. The summed E-state index contributed by atoms with van der Waals surface area (Å²) in [5, 5.41) is 0. The molecular weight excluding hydrogens is 264 g/mol. The van der Waals surface area contributed by atoms with E-state index in [0.717, 1.165) is 13.0 Å². The Labute approximate surface area is 115 Å². The molecule has 0 fully saturated rings. The predicted molar refractivity (Wildman–Crippen MR) is 76.3 cm³/mol. The van der Waals surface area contributed by atoms with Crippen LogP contribution < -0.4 is 10.5 Å². The van der Waals surface area contributed by atoms with Crippen molar-refractivity contribution < 1.29 is 8.42 Å². The Morgan fingerprint density at radius 2 is 2.16 bits per heavy atom.